The largest absolute Gasteiger partial charge is 0.264 e. The molecule has 178 valence electrons. The summed E-state index contributed by atoms with van der Waals surface area (Å²) in [6, 6.07) is 13.5. The Morgan fingerprint density at radius 3 is 2.12 bits per heavy atom. The Labute approximate surface area is 201 Å². The molecule has 2 aromatic rings. The molecule has 33 heavy (non-hydrogen) atoms. The summed E-state index contributed by atoms with van der Waals surface area (Å²) in [5.74, 6) is -0.0847. The minimum absolute atomic E-state index is 0.0588. The number of aryl methyl sites for hydroxylation is 2. The van der Waals surface area contributed by atoms with E-state index in [1.807, 2.05) is 25.1 Å². The first-order valence-corrected chi connectivity index (χ1v) is 16.2. The molecule has 3 rings (SSSR count). The van der Waals surface area contributed by atoms with Crippen molar-refractivity contribution in [3.05, 3.63) is 53.1 Å². The van der Waals surface area contributed by atoms with Crippen molar-refractivity contribution in [1.82, 2.24) is 0 Å². The van der Waals surface area contributed by atoms with Crippen LogP contribution in [0.1, 0.15) is 63.6 Å². The van der Waals surface area contributed by atoms with E-state index in [1.54, 1.807) is 16.4 Å². The van der Waals surface area contributed by atoms with Crippen LogP contribution in [0.15, 0.2) is 41.3 Å². The molecule has 0 unspecified atom stereocenters. The molecule has 1 aliphatic rings. The van der Waals surface area contributed by atoms with Gasteiger partial charge >= 0.3 is 0 Å². The Kier molecular flexibility index (Phi) is 6.65. The van der Waals surface area contributed by atoms with Gasteiger partial charge in [-0.25, -0.2) is 8.42 Å². The summed E-state index contributed by atoms with van der Waals surface area (Å²) in [4.78, 5) is 0.303. The maximum atomic E-state index is 14.1. The number of nitrogens with zero attached hydrogens (tertiary/aromatic N) is 2. The maximum absolute atomic E-state index is 14.1. The molecule has 0 aromatic heterocycles. The van der Waals surface area contributed by atoms with Gasteiger partial charge in [-0.2, -0.15) is 5.26 Å². The summed E-state index contributed by atoms with van der Waals surface area (Å²) in [6.45, 7) is 19.7. The number of benzene rings is 2. The van der Waals surface area contributed by atoms with Gasteiger partial charge in [0.05, 0.1) is 30.8 Å². The molecular weight excluding hydrogens is 444 g/mol. The third-order valence-corrected chi connectivity index (χ3v) is 15.1. The van der Waals surface area contributed by atoms with Gasteiger partial charge in [-0.1, -0.05) is 76.7 Å². The Balaban J connectivity index is 2.39. The van der Waals surface area contributed by atoms with E-state index >= 15 is 0 Å². The molecule has 0 fully saturated rings. The normalized spacial score (nSPS) is 19.0. The van der Waals surface area contributed by atoms with Crippen LogP contribution in [0, 0.1) is 31.1 Å². The lowest BCUT2D eigenvalue weighted by Crippen LogP contribution is -2.51. The SMILES string of the molecule is Cc1ccc(S(=O)(=O)N2c3cc(C)cc([Si](C)(C)C(C)(C)C)c3[C@@H](CC#N)[C@@H]2C(C)C)cc1. The predicted octanol–water partition coefficient (Wildman–Crippen LogP) is 6.25. The molecule has 0 saturated carbocycles. The monoisotopic (exact) mass is 482 g/mol. The van der Waals surface area contributed by atoms with Crippen LogP contribution in [-0.4, -0.2) is 22.5 Å². The highest BCUT2D eigenvalue weighted by molar-refractivity contribution is 7.92. The molecule has 2 aromatic carbocycles. The van der Waals surface area contributed by atoms with Crippen LogP contribution >= 0.6 is 0 Å². The van der Waals surface area contributed by atoms with Crippen LogP contribution in [0.25, 0.3) is 0 Å². The minimum atomic E-state index is -3.79. The third-order valence-electron chi connectivity index (χ3n) is 7.71. The van der Waals surface area contributed by atoms with Crippen molar-refractivity contribution in [1.29, 1.82) is 5.26 Å². The molecule has 6 heteroatoms. The van der Waals surface area contributed by atoms with Gasteiger partial charge in [-0.05, 0) is 54.1 Å². The van der Waals surface area contributed by atoms with Gasteiger partial charge in [0.2, 0.25) is 0 Å². The van der Waals surface area contributed by atoms with Crippen molar-refractivity contribution in [3.63, 3.8) is 0 Å². The second-order valence-corrected chi connectivity index (χ2v) is 18.5. The number of anilines is 1. The Morgan fingerprint density at radius 1 is 1.06 bits per heavy atom. The zero-order valence-electron chi connectivity index (χ0n) is 21.5. The summed E-state index contributed by atoms with van der Waals surface area (Å²) in [7, 11) is -5.80. The number of nitriles is 1. The summed E-state index contributed by atoms with van der Waals surface area (Å²) >= 11 is 0. The Hall–Kier alpha value is -2.10. The molecule has 2 atom stereocenters. The Morgan fingerprint density at radius 2 is 1.64 bits per heavy atom. The van der Waals surface area contributed by atoms with E-state index in [0.29, 0.717) is 11.3 Å². The van der Waals surface area contributed by atoms with Crippen molar-refractivity contribution >= 4 is 29.0 Å². The fraction of sp³-hybridized carbons (Fsp3) is 0.519. The predicted molar refractivity (Wildman–Crippen MR) is 140 cm³/mol. The first kappa shape index (κ1) is 25.5. The van der Waals surface area contributed by atoms with E-state index in [2.05, 4.69) is 66.8 Å². The highest BCUT2D eigenvalue weighted by Crippen LogP contribution is 2.49. The summed E-state index contributed by atoms with van der Waals surface area (Å²) in [5, 5.41) is 11.2. The first-order chi connectivity index (χ1) is 15.1. The molecule has 0 saturated heterocycles. The molecule has 0 spiro atoms. The highest BCUT2D eigenvalue weighted by Gasteiger charge is 2.50. The van der Waals surface area contributed by atoms with E-state index in [9.17, 15) is 13.7 Å². The minimum Gasteiger partial charge on any atom is -0.262 e. The van der Waals surface area contributed by atoms with Gasteiger partial charge in [0, 0.05) is 12.3 Å². The smallest absolute Gasteiger partial charge is 0.262 e. The van der Waals surface area contributed by atoms with Gasteiger partial charge in [0.15, 0.2) is 0 Å². The van der Waals surface area contributed by atoms with Crippen molar-refractivity contribution in [2.75, 3.05) is 4.31 Å². The molecule has 1 heterocycles. The molecule has 0 aliphatic carbocycles. The molecule has 0 N–H and O–H groups in total. The fourth-order valence-corrected chi connectivity index (χ4v) is 9.15. The van der Waals surface area contributed by atoms with Crippen LogP contribution < -0.4 is 9.49 Å². The molecule has 1 aliphatic heterocycles. The first-order valence-electron chi connectivity index (χ1n) is 11.8. The average molecular weight is 483 g/mol. The number of hydrogen-bond acceptors (Lipinski definition) is 3. The quantitative estimate of drug-likeness (QED) is 0.473. The van der Waals surface area contributed by atoms with E-state index in [1.165, 1.54) is 5.19 Å². The van der Waals surface area contributed by atoms with Gasteiger partial charge in [0.1, 0.15) is 0 Å². The van der Waals surface area contributed by atoms with E-state index in [-0.39, 0.29) is 22.9 Å². The summed E-state index contributed by atoms with van der Waals surface area (Å²) < 4.78 is 29.8. The van der Waals surface area contributed by atoms with Crippen molar-refractivity contribution in [3.8, 4) is 6.07 Å². The third kappa shape index (κ3) is 4.26. The molecule has 0 radical (unpaired) electrons. The lowest BCUT2D eigenvalue weighted by Gasteiger charge is -2.39. The fourth-order valence-electron chi connectivity index (χ4n) is 4.94. The Bertz CT molecular complexity index is 1190. The summed E-state index contributed by atoms with van der Waals surface area (Å²) in [5.41, 5.74) is 3.95. The number of fused-ring (bicyclic) bond motifs is 1. The molecule has 4 nitrogen and oxygen atoms in total. The molecule has 0 bridgehead atoms. The van der Waals surface area contributed by atoms with Crippen molar-refractivity contribution < 1.29 is 8.42 Å². The zero-order chi connectivity index (χ0) is 24.9. The van der Waals surface area contributed by atoms with Gasteiger partial charge in [-0.3, -0.25) is 4.31 Å². The van der Waals surface area contributed by atoms with Crippen LogP contribution in [-0.2, 0) is 10.0 Å². The second-order valence-electron chi connectivity index (χ2n) is 11.4. The second kappa shape index (κ2) is 8.59. The molecular formula is C27H38N2O2SSi. The topological polar surface area (TPSA) is 61.2 Å². The molecule has 0 amide bonds. The zero-order valence-corrected chi connectivity index (χ0v) is 23.3. The highest BCUT2D eigenvalue weighted by atomic mass is 32.2. The summed E-state index contributed by atoms with van der Waals surface area (Å²) in [6.07, 6.45) is 0.306. The van der Waals surface area contributed by atoms with Gasteiger partial charge in [-0.15, -0.1) is 0 Å². The van der Waals surface area contributed by atoms with E-state index in [0.717, 1.165) is 22.4 Å². The van der Waals surface area contributed by atoms with E-state index in [4.69, 9.17) is 0 Å². The maximum Gasteiger partial charge on any atom is 0.264 e. The number of hydrogen-bond donors (Lipinski definition) is 0. The van der Waals surface area contributed by atoms with Crippen LogP contribution in [0.4, 0.5) is 5.69 Å². The lowest BCUT2D eigenvalue weighted by atomic mass is 9.86. The lowest BCUT2D eigenvalue weighted by molar-refractivity contribution is 0.439. The van der Waals surface area contributed by atoms with Crippen LogP contribution in [0.3, 0.4) is 0 Å². The van der Waals surface area contributed by atoms with Crippen LogP contribution in [0.5, 0.6) is 0 Å². The van der Waals surface area contributed by atoms with Crippen molar-refractivity contribution in [2.24, 2.45) is 5.92 Å². The van der Waals surface area contributed by atoms with E-state index < -0.39 is 18.1 Å². The number of sulfonamides is 1. The van der Waals surface area contributed by atoms with Crippen molar-refractivity contribution in [2.45, 2.75) is 89.9 Å². The van der Waals surface area contributed by atoms with Crippen LogP contribution in [0.2, 0.25) is 18.1 Å². The average Bonchev–Trinajstić information content (AvgIpc) is 3.02. The van der Waals surface area contributed by atoms with Gasteiger partial charge in [0.25, 0.3) is 10.0 Å². The standard InChI is InChI=1S/C27H38N2O2SSi/c1-18(2)26-22(14-15-28)25-23(16-20(4)17-24(25)33(8,9)27(5,6)7)29(26)32(30,31)21-12-10-19(3)11-13-21/h10-13,16-18,22,26H,14H2,1-9H3/t22-,26+/m1/s1. The van der Waals surface area contributed by atoms with Gasteiger partial charge < -0.3 is 0 Å². The number of rotatable bonds is 5.